The number of Topliss-reactive ketones (excluding diaryl/α,β-unsaturated/α-hetero) is 1. The predicted octanol–water partition coefficient (Wildman–Crippen LogP) is 3.87. The lowest BCUT2D eigenvalue weighted by Gasteiger charge is -2.34. The van der Waals surface area contributed by atoms with E-state index < -0.39 is 41.7 Å². The molecule has 2 N–H and O–H groups in total. The summed E-state index contributed by atoms with van der Waals surface area (Å²) in [5.74, 6) is -1.67. The fraction of sp³-hybridized carbons (Fsp3) is 0.640. The third-order valence-corrected chi connectivity index (χ3v) is 7.00. The molecule has 184 valence electrons. The molecule has 7 nitrogen and oxygen atoms in total. The Labute approximate surface area is 200 Å². The Morgan fingerprint density at radius 1 is 1.24 bits per heavy atom. The smallest absolute Gasteiger partial charge is 0.309 e. The van der Waals surface area contributed by atoms with Crippen molar-refractivity contribution in [1.82, 2.24) is 4.98 Å². The lowest BCUT2D eigenvalue weighted by atomic mass is 9.74. The molecule has 0 radical (unpaired) electrons. The van der Waals surface area contributed by atoms with Crippen molar-refractivity contribution in [3.8, 4) is 0 Å². The molecule has 8 heteroatoms. The summed E-state index contributed by atoms with van der Waals surface area (Å²) in [6.45, 7) is 10.7. The van der Waals surface area contributed by atoms with Crippen LogP contribution in [0.4, 0.5) is 0 Å². The van der Waals surface area contributed by atoms with Crippen molar-refractivity contribution >= 4 is 29.2 Å². The van der Waals surface area contributed by atoms with Gasteiger partial charge in [-0.3, -0.25) is 9.59 Å². The predicted molar refractivity (Wildman–Crippen MR) is 129 cm³/mol. The highest BCUT2D eigenvalue weighted by molar-refractivity contribution is 7.09. The van der Waals surface area contributed by atoms with Crippen molar-refractivity contribution in [2.45, 2.75) is 85.2 Å². The summed E-state index contributed by atoms with van der Waals surface area (Å²) in [4.78, 5) is 30.2. The van der Waals surface area contributed by atoms with Gasteiger partial charge in [0, 0.05) is 17.7 Å². The van der Waals surface area contributed by atoms with Gasteiger partial charge in [-0.05, 0) is 38.8 Å². The second kappa shape index (κ2) is 12.0. The van der Waals surface area contributed by atoms with Gasteiger partial charge in [0.2, 0.25) is 0 Å². The maximum atomic E-state index is 13.1. The van der Waals surface area contributed by atoms with Crippen molar-refractivity contribution in [3.05, 3.63) is 33.8 Å². The molecule has 0 aliphatic carbocycles. The van der Waals surface area contributed by atoms with Crippen LogP contribution >= 0.6 is 11.3 Å². The van der Waals surface area contributed by atoms with Gasteiger partial charge in [0.25, 0.3) is 0 Å². The minimum atomic E-state index is -1.25. The average Bonchev–Trinajstić information content (AvgIpc) is 3.16. The van der Waals surface area contributed by atoms with Crippen molar-refractivity contribution in [2.24, 2.45) is 11.3 Å². The zero-order chi connectivity index (χ0) is 24.8. The summed E-state index contributed by atoms with van der Waals surface area (Å²) in [5.41, 5.74) is 0.406. The maximum Gasteiger partial charge on any atom is 0.309 e. The Bertz CT molecular complexity index is 874. The lowest BCUT2D eigenvalue weighted by Crippen LogP contribution is -2.47. The van der Waals surface area contributed by atoms with Gasteiger partial charge in [0.05, 0.1) is 47.5 Å². The number of esters is 1. The Morgan fingerprint density at radius 3 is 2.58 bits per heavy atom. The molecule has 33 heavy (non-hydrogen) atoms. The number of ether oxygens (including phenoxy) is 2. The first kappa shape index (κ1) is 27.4. The monoisotopic (exact) mass is 479 g/mol. The zero-order valence-corrected chi connectivity index (χ0v) is 21.2. The highest BCUT2D eigenvalue weighted by Crippen LogP contribution is 2.31. The molecular weight excluding hydrogens is 442 g/mol. The molecule has 5 unspecified atom stereocenters. The number of hydrogen-bond donors (Lipinski definition) is 2. The highest BCUT2D eigenvalue weighted by atomic mass is 32.1. The lowest BCUT2D eigenvalue weighted by molar-refractivity contribution is -0.154. The van der Waals surface area contributed by atoms with Crippen molar-refractivity contribution in [1.29, 1.82) is 0 Å². The van der Waals surface area contributed by atoms with E-state index >= 15 is 0 Å². The van der Waals surface area contributed by atoms with E-state index in [1.54, 1.807) is 39.0 Å². The number of nitrogens with zero attached hydrogens (tertiary/aromatic N) is 1. The van der Waals surface area contributed by atoms with Crippen LogP contribution < -0.4 is 0 Å². The molecule has 2 heterocycles. The Morgan fingerprint density at radius 2 is 1.94 bits per heavy atom. The van der Waals surface area contributed by atoms with E-state index in [1.165, 1.54) is 0 Å². The SMILES string of the molecule is CC(=Cc1csc(C)n1)C1C/C=C\CCOC(C)C(O)C(C)C(=O)C(C)(C)C(O)CC(=O)O1. The Balaban J connectivity index is 2.27. The van der Waals surface area contributed by atoms with E-state index in [0.717, 1.165) is 16.3 Å². The number of aliphatic hydroxyl groups excluding tert-OH is 2. The first-order valence-electron chi connectivity index (χ1n) is 11.4. The van der Waals surface area contributed by atoms with Gasteiger partial charge in [-0.25, -0.2) is 4.98 Å². The minimum Gasteiger partial charge on any atom is -0.457 e. The number of ketones is 1. The van der Waals surface area contributed by atoms with E-state index in [9.17, 15) is 19.8 Å². The molecular formula is C25H37NO6S. The number of thiazole rings is 1. The Kier molecular flexibility index (Phi) is 9.97. The third kappa shape index (κ3) is 7.57. The van der Waals surface area contributed by atoms with Crippen LogP contribution in [-0.2, 0) is 19.1 Å². The Hall–Kier alpha value is -1.87. The topological polar surface area (TPSA) is 106 Å². The van der Waals surface area contributed by atoms with E-state index in [4.69, 9.17) is 9.47 Å². The number of hydrogen-bond acceptors (Lipinski definition) is 8. The molecule has 1 aliphatic rings. The fourth-order valence-corrected chi connectivity index (χ4v) is 4.36. The molecule has 2 rings (SSSR count). The fourth-order valence-electron chi connectivity index (χ4n) is 3.79. The van der Waals surface area contributed by atoms with Crippen LogP contribution in [0.15, 0.2) is 23.1 Å². The second-order valence-electron chi connectivity index (χ2n) is 9.32. The summed E-state index contributed by atoms with van der Waals surface area (Å²) >= 11 is 1.55. The van der Waals surface area contributed by atoms with Crippen LogP contribution in [0.2, 0.25) is 0 Å². The molecule has 5 atom stereocenters. The average molecular weight is 480 g/mol. The quantitative estimate of drug-likeness (QED) is 0.490. The number of carbonyl (C=O) groups is 2. The van der Waals surface area contributed by atoms with Gasteiger partial charge >= 0.3 is 5.97 Å². The molecule has 0 fully saturated rings. The van der Waals surface area contributed by atoms with E-state index in [2.05, 4.69) is 4.98 Å². The molecule has 0 spiro atoms. The highest BCUT2D eigenvalue weighted by Gasteiger charge is 2.42. The van der Waals surface area contributed by atoms with Crippen LogP contribution in [0, 0.1) is 18.3 Å². The minimum absolute atomic E-state index is 0.323. The van der Waals surface area contributed by atoms with Gasteiger partial charge in [0.15, 0.2) is 0 Å². The van der Waals surface area contributed by atoms with E-state index in [-0.39, 0.29) is 12.2 Å². The van der Waals surface area contributed by atoms with Crippen LogP contribution in [0.5, 0.6) is 0 Å². The van der Waals surface area contributed by atoms with Crippen LogP contribution in [0.1, 0.15) is 64.6 Å². The number of aliphatic hydroxyl groups is 2. The molecule has 0 aromatic carbocycles. The largest absolute Gasteiger partial charge is 0.457 e. The molecule has 1 aliphatic heterocycles. The molecule has 0 saturated heterocycles. The molecule has 0 bridgehead atoms. The van der Waals surface area contributed by atoms with Crippen molar-refractivity contribution < 1.29 is 29.3 Å². The third-order valence-electron chi connectivity index (χ3n) is 6.21. The van der Waals surface area contributed by atoms with Gasteiger partial charge in [-0.1, -0.05) is 32.9 Å². The van der Waals surface area contributed by atoms with Gasteiger partial charge < -0.3 is 19.7 Å². The first-order valence-corrected chi connectivity index (χ1v) is 12.3. The number of aromatic nitrogens is 1. The molecule has 1 aromatic heterocycles. The van der Waals surface area contributed by atoms with Gasteiger partial charge in [0.1, 0.15) is 11.9 Å². The van der Waals surface area contributed by atoms with E-state index in [0.29, 0.717) is 19.4 Å². The summed E-state index contributed by atoms with van der Waals surface area (Å²) in [6, 6.07) is 0. The number of rotatable bonds is 2. The van der Waals surface area contributed by atoms with Crippen LogP contribution in [0.3, 0.4) is 0 Å². The first-order chi connectivity index (χ1) is 15.4. The number of carbonyl (C=O) groups excluding carboxylic acids is 2. The van der Waals surface area contributed by atoms with Crippen LogP contribution in [0.25, 0.3) is 6.08 Å². The summed E-state index contributed by atoms with van der Waals surface area (Å²) in [7, 11) is 0. The summed E-state index contributed by atoms with van der Waals surface area (Å²) in [6.07, 6.45) is 3.21. The van der Waals surface area contributed by atoms with Crippen molar-refractivity contribution in [2.75, 3.05) is 6.61 Å². The normalized spacial score (nSPS) is 31.8. The zero-order valence-electron chi connectivity index (χ0n) is 20.4. The molecule has 0 amide bonds. The molecule has 0 saturated carbocycles. The van der Waals surface area contributed by atoms with Crippen molar-refractivity contribution in [3.63, 3.8) is 0 Å². The molecule has 1 aromatic rings. The van der Waals surface area contributed by atoms with Crippen LogP contribution in [-0.4, -0.2) is 58.0 Å². The number of cyclic esters (lactones) is 1. The standard InChI is InChI=1S/C25H37NO6S/c1-15(12-19-14-33-18(4)26-19)20-10-8-7-9-11-31-17(3)23(29)16(2)24(30)25(5,6)21(27)13-22(28)32-20/h7-8,12,14,16-17,20-21,23,27,29H,9-11,13H2,1-6H3/b8-7-,15-12?. The van der Waals surface area contributed by atoms with Gasteiger partial charge in [-0.2, -0.15) is 0 Å². The van der Waals surface area contributed by atoms with Gasteiger partial charge in [-0.15, -0.1) is 11.3 Å². The second-order valence-corrected chi connectivity index (χ2v) is 10.4. The summed E-state index contributed by atoms with van der Waals surface area (Å²) < 4.78 is 11.4. The summed E-state index contributed by atoms with van der Waals surface area (Å²) in [5, 5.41) is 24.2. The van der Waals surface area contributed by atoms with E-state index in [1.807, 2.05) is 37.5 Å². The number of aryl methyl sites for hydroxylation is 1. The maximum absolute atomic E-state index is 13.1.